The number of aromatic nitrogens is 2. The van der Waals surface area contributed by atoms with Crippen LogP contribution in [0.2, 0.25) is 0 Å². The van der Waals surface area contributed by atoms with Crippen molar-refractivity contribution in [3.63, 3.8) is 0 Å². The number of amides is 1. The lowest BCUT2D eigenvalue weighted by molar-refractivity contribution is 0.0948. The molecule has 7 nitrogen and oxygen atoms in total. The Kier molecular flexibility index (Phi) is 7.05. The Morgan fingerprint density at radius 1 is 1.14 bits per heavy atom. The Morgan fingerprint density at radius 2 is 2.00 bits per heavy atom. The highest BCUT2D eigenvalue weighted by atomic mass is 16.5. The van der Waals surface area contributed by atoms with E-state index in [1.165, 1.54) is 18.4 Å². The normalized spacial score (nSPS) is 13.4. The molecule has 2 aromatic rings. The zero-order chi connectivity index (χ0) is 20.6. The number of ether oxygens (including phenoxy) is 2. The van der Waals surface area contributed by atoms with Crippen LogP contribution in [0.4, 0.5) is 11.5 Å². The van der Waals surface area contributed by atoms with Crippen molar-refractivity contribution in [3.8, 4) is 11.5 Å². The minimum Gasteiger partial charge on any atom is -0.497 e. The third-order valence-corrected chi connectivity index (χ3v) is 4.86. The third-order valence-electron chi connectivity index (χ3n) is 4.86. The van der Waals surface area contributed by atoms with Gasteiger partial charge in [-0.3, -0.25) is 4.79 Å². The van der Waals surface area contributed by atoms with Crippen LogP contribution < -0.4 is 20.1 Å². The van der Waals surface area contributed by atoms with E-state index in [1.807, 2.05) is 18.2 Å². The van der Waals surface area contributed by atoms with Gasteiger partial charge in [-0.05, 0) is 51.2 Å². The first-order valence-corrected chi connectivity index (χ1v) is 9.90. The number of benzene rings is 1. The molecule has 1 aliphatic carbocycles. The van der Waals surface area contributed by atoms with Crippen LogP contribution in [0.3, 0.4) is 0 Å². The molecular formula is C22H28N4O3. The molecule has 0 saturated heterocycles. The highest BCUT2D eigenvalue weighted by Crippen LogP contribution is 2.31. The molecule has 1 aromatic heterocycles. The molecule has 0 fully saturated rings. The molecule has 7 heteroatoms. The highest BCUT2D eigenvalue weighted by molar-refractivity contribution is 5.93. The van der Waals surface area contributed by atoms with Gasteiger partial charge in [0.2, 0.25) is 0 Å². The van der Waals surface area contributed by atoms with Crippen molar-refractivity contribution in [2.45, 2.75) is 39.0 Å². The lowest BCUT2D eigenvalue weighted by Crippen LogP contribution is -2.26. The van der Waals surface area contributed by atoms with Gasteiger partial charge >= 0.3 is 0 Å². The lowest BCUT2D eigenvalue weighted by Gasteiger charge is -2.14. The van der Waals surface area contributed by atoms with E-state index in [4.69, 9.17) is 9.47 Å². The van der Waals surface area contributed by atoms with Crippen molar-refractivity contribution in [1.82, 2.24) is 15.3 Å². The fourth-order valence-electron chi connectivity index (χ4n) is 3.36. The van der Waals surface area contributed by atoms with E-state index in [9.17, 15) is 4.79 Å². The Labute approximate surface area is 171 Å². The summed E-state index contributed by atoms with van der Waals surface area (Å²) >= 11 is 0. The maximum atomic E-state index is 12.6. The molecule has 0 aliphatic heterocycles. The van der Waals surface area contributed by atoms with Crippen LogP contribution in [0.15, 0.2) is 35.9 Å². The number of rotatable bonds is 8. The van der Waals surface area contributed by atoms with E-state index in [2.05, 4.69) is 26.7 Å². The molecule has 1 aromatic carbocycles. The second-order valence-electron chi connectivity index (χ2n) is 6.99. The van der Waals surface area contributed by atoms with Crippen molar-refractivity contribution in [2.75, 3.05) is 26.1 Å². The maximum absolute atomic E-state index is 12.6. The van der Waals surface area contributed by atoms with Crippen molar-refractivity contribution >= 4 is 17.4 Å². The smallest absolute Gasteiger partial charge is 0.270 e. The van der Waals surface area contributed by atoms with E-state index < -0.39 is 0 Å². The second kappa shape index (κ2) is 9.91. The molecule has 2 N–H and O–H groups in total. The number of nitrogens with one attached hydrogen (secondary N) is 2. The molecule has 0 radical (unpaired) electrons. The number of allylic oxidation sites excluding steroid dienone is 1. The molecule has 1 amide bonds. The molecule has 0 atom stereocenters. The Morgan fingerprint density at radius 3 is 2.72 bits per heavy atom. The molecular weight excluding hydrogens is 368 g/mol. The summed E-state index contributed by atoms with van der Waals surface area (Å²) in [5, 5.41) is 6.16. The third kappa shape index (κ3) is 5.70. The van der Waals surface area contributed by atoms with Crippen molar-refractivity contribution in [2.24, 2.45) is 0 Å². The average molecular weight is 396 g/mol. The van der Waals surface area contributed by atoms with E-state index >= 15 is 0 Å². The van der Waals surface area contributed by atoms with Gasteiger partial charge in [-0.25, -0.2) is 9.97 Å². The summed E-state index contributed by atoms with van der Waals surface area (Å²) in [5.74, 6) is 2.16. The lowest BCUT2D eigenvalue weighted by atomic mass is 9.97. The monoisotopic (exact) mass is 396 g/mol. The van der Waals surface area contributed by atoms with Gasteiger partial charge in [0.25, 0.3) is 5.91 Å². The molecule has 154 valence electrons. The summed E-state index contributed by atoms with van der Waals surface area (Å²) in [6.45, 7) is 2.37. The zero-order valence-electron chi connectivity index (χ0n) is 17.2. The quantitative estimate of drug-likeness (QED) is 0.652. The molecule has 1 heterocycles. The number of hydrogen-bond donors (Lipinski definition) is 2. The van der Waals surface area contributed by atoms with Crippen molar-refractivity contribution in [3.05, 3.63) is 47.4 Å². The Hall–Kier alpha value is -3.09. The number of carbonyl (C=O) groups excluding carboxylic acids is 1. The number of hydrogen-bond acceptors (Lipinski definition) is 6. The first-order valence-electron chi connectivity index (χ1n) is 9.90. The Bertz CT molecular complexity index is 896. The van der Waals surface area contributed by atoms with Crippen LogP contribution in [0, 0.1) is 6.92 Å². The molecule has 0 spiro atoms. The van der Waals surface area contributed by atoms with Crippen LogP contribution >= 0.6 is 0 Å². The number of nitrogens with zero attached hydrogens (tertiary/aromatic N) is 2. The average Bonchev–Trinajstić information content (AvgIpc) is 2.74. The van der Waals surface area contributed by atoms with Gasteiger partial charge in [-0.15, -0.1) is 0 Å². The zero-order valence-corrected chi connectivity index (χ0v) is 17.2. The summed E-state index contributed by atoms with van der Waals surface area (Å²) < 4.78 is 10.7. The fourth-order valence-corrected chi connectivity index (χ4v) is 3.36. The van der Waals surface area contributed by atoms with Gasteiger partial charge in [0.05, 0.1) is 19.9 Å². The van der Waals surface area contributed by atoms with Crippen LogP contribution in [0.5, 0.6) is 11.5 Å². The van der Waals surface area contributed by atoms with Gasteiger partial charge in [-0.1, -0.05) is 11.6 Å². The molecule has 1 aliphatic rings. The summed E-state index contributed by atoms with van der Waals surface area (Å²) in [7, 11) is 3.20. The van der Waals surface area contributed by atoms with Crippen LogP contribution in [-0.4, -0.2) is 36.6 Å². The van der Waals surface area contributed by atoms with Gasteiger partial charge in [0.1, 0.15) is 28.8 Å². The van der Waals surface area contributed by atoms with E-state index in [-0.39, 0.29) is 5.91 Å². The van der Waals surface area contributed by atoms with Crippen molar-refractivity contribution in [1.29, 1.82) is 0 Å². The van der Waals surface area contributed by atoms with E-state index in [0.29, 0.717) is 41.1 Å². The summed E-state index contributed by atoms with van der Waals surface area (Å²) in [5.41, 5.74) is 2.46. The van der Waals surface area contributed by atoms with Gasteiger partial charge in [-0.2, -0.15) is 0 Å². The topological polar surface area (TPSA) is 85.4 Å². The predicted octanol–water partition coefficient (Wildman–Crippen LogP) is 4.17. The predicted molar refractivity (Wildman–Crippen MR) is 113 cm³/mol. The second-order valence-corrected chi connectivity index (χ2v) is 6.99. The van der Waals surface area contributed by atoms with Gasteiger partial charge in [0.15, 0.2) is 0 Å². The summed E-state index contributed by atoms with van der Waals surface area (Å²) in [4.78, 5) is 21.2. The SMILES string of the molecule is COc1ccc(OC)c(Nc2cc(C(=O)NCCC3=CCCCC3)nc(C)n2)c1. The number of aryl methyl sites for hydroxylation is 1. The maximum Gasteiger partial charge on any atom is 0.270 e. The number of anilines is 2. The van der Waals surface area contributed by atoms with Crippen LogP contribution in [0.1, 0.15) is 48.4 Å². The molecule has 3 rings (SSSR count). The number of carbonyl (C=O) groups is 1. The summed E-state index contributed by atoms with van der Waals surface area (Å²) in [6, 6.07) is 7.08. The van der Waals surface area contributed by atoms with Gasteiger partial charge < -0.3 is 20.1 Å². The molecule has 0 unspecified atom stereocenters. The molecule has 0 saturated carbocycles. The number of methoxy groups -OCH3 is 2. The largest absolute Gasteiger partial charge is 0.497 e. The highest BCUT2D eigenvalue weighted by Gasteiger charge is 2.13. The first kappa shape index (κ1) is 20.6. The van der Waals surface area contributed by atoms with E-state index in [1.54, 1.807) is 27.2 Å². The first-order chi connectivity index (χ1) is 14.1. The van der Waals surface area contributed by atoms with Crippen molar-refractivity contribution < 1.29 is 14.3 Å². The van der Waals surface area contributed by atoms with E-state index in [0.717, 1.165) is 19.3 Å². The van der Waals surface area contributed by atoms with Gasteiger partial charge in [0, 0.05) is 18.7 Å². The van der Waals surface area contributed by atoms with Crippen LogP contribution in [-0.2, 0) is 0 Å². The minimum atomic E-state index is -0.201. The molecule has 29 heavy (non-hydrogen) atoms. The molecule has 0 bridgehead atoms. The Balaban J connectivity index is 1.69. The summed E-state index contributed by atoms with van der Waals surface area (Å²) in [6.07, 6.45) is 7.99. The standard InChI is InChI=1S/C22H28N4O3/c1-15-24-19(22(27)23-12-11-16-7-5-4-6-8-16)14-21(25-15)26-18-13-17(28-2)9-10-20(18)29-3/h7,9-10,13-14H,4-6,8,11-12H2,1-3H3,(H,23,27)(H,24,25,26). The van der Waals surface area contributed by atoms with Crippen LogP contribution in [0.25, 0.3) is 0 Å². The fraction of sp³-hybridized carbons (Fsp3) is 0.409. The minimum absolute atomic E-state index is 0.201.